The molecule has 3 rings (SSSR count). The van der Waals surface area contributed by atoms with Gasteiger partial charge in [-0.2, -0.15) is 10.5 Å². The number of ketones is 2. The summed E-state index contributed by atoms with van der Waals surface area (Å²) >= 11 is 0. The van der Waals surface area contributed by atoms with E-state index in [9.17, 15) is 25.2 Å². The lowest BCUT2D eigenvalue weighted by Crippen LogP contribution is -2.55. The van der Waals surface area contributed by atoms with Crippen molar-refractivity contribution in [3.05, 3.63) is 34.9 Å². The number of allylic oxidation sites excluding steroid dienone is 6. The molecule has 0 unspecified atom stereocenters. The van der Waals surface area contributed by atoms with Crippen LogP contribution in [-0.4, -0.2) is 23.3 Å². The van der Waals surface area contributed by atoms with E-state index in [1.165, 1.54) is 6.08 Å². The maximum absolute atomic E-state index is 12.7. The summed E-state index contributed by atoms with van der Waals surface area (Å²) in [6.45, 7) is 3.12. The van der Waals surface area contributed by atoms with Gasteiger partial charge in [-0.1, -0.05) is 18.9 Å². The van der Waals surface area contributed by atoms with E-state index in [1.807, 2.05) is 19.1 Å². The zero-order valence-corrected chi connectivity index (χ0v) is 14.7. The first-order chi connectivity index (χ1) is 12.2. The largest absolute Gasteiger partial charge is 0.395 e. The van der Waals surface area contributed by atoms with Crippen molar-refractivity contribution in [2.45, 2.75) is 26.7 Å². The lowest BCUT2D eigenvalue weighted by Gasteiger charge is -2.56. The second kappa shape index (κ2) is 5.53. The van der Waals surface area contributed by atoms with Crippen molar-refractivity contribution in [3.8, 4) is 24.5 Å². The second-order valence-electron chi connectivity index (χ2n) is 7.66. The molecule has 0 saturated heterocycles. The Labute approximate surface area is 152 Å². The van der Waals surface area contributed by atoms with Crippen LogP contribution in [0.5, 0.6) is 0 Å². The Hall–Kier alpha value is -2.94. The number of rotatable bonds is 1. The molecule has 3 aliphatic carbocycles. The van der Waals surface area contributed by atoms with Crippen molar-refractivity contribution in [1.82, 2.24) is 0 Å². The molecule has 0 aromatic carbocycles. The van der Waals surface area contributed by atoms with Crippen molar-refractivity contribution in [1.29, 1.82) is 10.5 Å². The molecule has 130 valence electrons. The molecule has 0 heterocycles. The van der Waals surface area contributed by atoms with Crippen molar-refractivity contribution in [2.24, 2.45) is 22.2 Å². The van der Waals surface area contributed by atoms with Crippen molar-refractivity contribution < 1.29 is 14.7 Å². The third-order valence-corrected chi connectivity index (χ3v) is 6.35. The first kappa shape index (κ1) is 17.9. The summed E-state index contributed by atoms with van der Waals surface area (Å²) in [5, 5.41) is 28.7. The normalized spacial score (nSPS) is 38.5. The summed E-state index contributed by atoms with van der Waals surface area (Å²) in [5.74, 6) is 1.63. The number of aliphatic hydroxyl groups excluding tert-OH is 1. The van der Waals surface area contributed by atoms with E-state index in [-0.39, 0.29) is 22.8 Å². The zero-order valence-electron chi connectivity index (χ0n) is 14.7. The van der Waals surface area contributed by atoms with Gasteiger partial charge in [0.1, 0.15) is 12.1 Å². The maximum Gasteiger partial charge on any atom is 0.196 e. The van der Waals surface area contributed by atoms with Gasteiger partial charge in [-0.3, -0.25) is 9.59 Å². The number of hydrogen-bond donors (Lipinski definition) is 1. The summed E-state index contributed by atoms with van der Waals surface area (Å²) in [6.07, 6.45) is 11.3. The van der Waals surface area contributed by atoms with Gasteiger partial charge in [-0.15, -0.1) is 6.42 Å². The minimum absolute atomic E-state index is 0.00930. The number of hydrogen-bond acceptors (Lipinski definition) is 5. The van der Waals surface area contributed by atoms with Gasteiger partial charge >= 0.3 is 0 Å². The lowest BCUT2D eigenvalue weighted by atomic mass is 9.45. The monoisotopic (exact) mass is 346 g/mol. The quantitative estimate of drug-likeness (QED) is 0.732. The van der Waals surface area contributed by atoms with Crippen LogP contribution < -0.4 is 0 Å². The average Bonchev–Trinajstić information content (AvgIpc) is 2.65. The van der Waals surface area contributed by atoms with Gasteiger partial charge in [-0.25, -0.2) is 0 Å². The highest BCUT2D eigenvalue weighted by molar-refractivity contribution is 6.09. The predicted octanol–water partition coefficient (Wildman–Crippen LogP) is 2.01. The molecule has 4 atom stereocenters. The predicted molar refractivity (Wildman–Crippen MR) is 92.8 cm³/mol. The number of aliphatic hydroxyl groups is 1. The fourth-order valence-corrected chi connectivity index (χ4v) is 4.97. The SMILES string of the molecule is C#C[C@]12C=C(C#N)C(=O)C=C1[C@@]1(C)C=C(C#N)C(=O)[C@@](C)(CO)[C@@H]1CC2. The molecule has 0 aromatic rings. The Morgan fingerprint density at radius 3 is 2.42 bits per heavy atom. The zero-order chi connectivity index (χ0) is 19.3. The van der Waals surface area contributed by atoms with Gasteiger partial charge in [0.25, 0.3) is 0 Å². The van der Waals surface area contributed by atoms with E-state index in [2.05, 4.69) is 5.92 Å². The molecular formula is C21H18N2O3. The lowest BCUT2D eigenvalue weighted by molar-refractivity contribution is -0.135. The van der Waals surface area contributed by atoms with Crippen LogP contribution in [0.2, 0.25) is 0 Å². The molecule has 26 heavy (non-hydrogen) atoms. The molecule has 0 spiro atoms. The number of Topliss-reactive ketones (excluding diaryl/α,β-unsaturated/α-hetero) is 1. The molecule has 5 heteroatoms. The van der Waals surface area contributed by atoms with E-state index in [4.69, 9.17) is 6.42 Å². The van der Waals surface area contributed by atoms with Crippen LogP contribution in [-0.2, 0) is 9.59 Å². The second-order valence-corrected chi connectivity index (χ2v) is 7.66. The smallest absolute Gasteiger partial charge is 0.196 e. The van der Waals surface area contributed by atoms with E-state index in [0.29, 0.717) is 18.4 Å². The Balaban J connectivity index is 2.31. The molecule has 0 radical (unpaired) electrons. The van der Waals surface area contributed by atoms with Crippen LogP contribution in [0.25, 0.3) is 0 Å². The third kappa shape index (κ3) is 2.00. The molecule has 0 aliphatic heterocycles. The minimum Gasteiger partial charge on any atom is -0.395 e. The van der Waals surface area contributed by atoms with Crippen LogP contribution >= 0.6 is 0 Å². The number of terminal acetylenes is 1. The highest BCUT2D eigenvalue weighted by atomic mass is 16.3. The van der Waals surface area contributed by atoms with Gasteiger partial charge in [-0.05, 0) is 43.4 Å². The summed E-state index contributed by atoms with van der Waals surface area (Å²) in [5.41, 5.74) is -2.27. The van der Waals surface area contributed by atoms with Gasteiger partial charge < -0.3 is 5.11 Å². The number of carbonyl (C=O) groups is 2. The molecule has 3 aliphatic rings. The highest BCUT2D eigenvalue weighted by Gasteiger charge is 2.60. The van der Waals surface area contributed by atoms with E-state index in [0.717, 1.165) is 0 Å². The van der Waals surface area contributed by atoms with Crippen LogP contribution in [0.1, 0.15) is 26.7 Å². The van der Waals surface area contributed by atoms with E-state index in [1.54, 1.807) is 19.1 Å². The van der Waals surface area contributed by atoms with Gasteiger partial charge in [0, 0.05) is 5.41 Å². The standard InChI is InChI=1S/C21H18N2O3/c1-4-21-6-5-16-19(2,17(21)7-15(25)13(9-21)10-22)8-14(11-23)18(26)20(16,3)12-24/h1,7-9,16,24H,5-6,12H2,2-3H3/t16-,19+,20+,21+/m1/s1. The number of nitriles is 2. The summed E-state index contributed by atoms with van der Waals surface area (Å²) < 4.78 is 0. The van der Waals surface area contributed by atoms with E-state index >= 15 is 0 Å². The maximum atomic E-state index is 12.7. The molecule has 1 N–H and O–H groups in total. The molecule has 0 bridgehead atoms. The Morgan fingerprint density at radius 2 is 1.88 bits per heavy atom. The van der Waals surface area contributed by atoms with Crippen molar-refractivity contribution in [3.63, 3.8) is 0 Å². The van der Waals surface area contributed by atoms with Crippen LogP contribution in [0.4, 0.5) is 0 Å². The summed E-state index contributed by atoms with van der Waals surface area (Å²) in [6, 6.07) is 3.82. The summed E-state index contributed by atoms with van der Waals surface area (Å²) in [4.78, 5) is 25.1. The van der Waals surface area contributed by atoms with E-state index < -0.39 is 28.6 Å². The number of fused-ring (bicyclic) bond motifs is 3. The van der Waals surface area contributed by atoms with Gasteiger partial charge in [0.05, 0.1) is 28.6 Å². The fourth-order valence-electron chi connectivity index (χ4n) is 4.97. The number of carbonyl (C=O) groups excluding carboxylic acids is 2. The first-order valence-corrected chi connectivity index (χ1v) is 8.39. The summed E-state index contributed by atoms with van der Waals surface area (Å²) in [7, 11) is 0. The fraction of sp³-hybridized carbons (Fsp3) is 0.429. The van der Waals surface area contributed by atoms with Crippen LogP contribution in [0.3, 0.4) is 0 Å². The molecule has 1 saturated carbocycles. The van der Waals surface area contributed by atoms with Gasteiger partial charge in [0.2, 0.25) is 0 Å². The Kier molecular flexibility index (Phi) is 3.80. The topological polar surface area (TPSA) is 102 Å². The third-order valence-electron chi connectivity index (χ3n) is 6.35. The van der Waals surface area contributed by atoms with Crippen LogP contribution in [0.15, 0.2) is 34.9 Å². The van der Waals surface area contributed by atoms with Crippen molar-refractivity contribution >= 4 is 11.6 Å². The average molecular weight is 346 g/mol. The Morgan fingerprint density at radius 1 is 1.23 bits per heavy atom. The van der Waals surface area contributed by atoms with Gasteiger partial charge in [0.15, 0.2) is 11.6 Å². The molecule has 5 nitrogen and oxygen atoms in total. The highest BCUT2D eigenvalue weighted by Crippen LogP contribution is 2.63. The molecule has 0 amide bonds. The first-order valence-electron chi connectivity index (χ1n) is 8.39. The van der Waals surface area contributed by atoms with Crippen molar-refractivity contribution in [2.75, 3.05) is 6.61 Å². The number of nitrogens with zero attached hydrogens (tertiary/aromatic N) is 2. The Bertz CT molecular complexity index is 949. The molecule has 1 fully saturated rings. The molecule has 0 aromatic heterocycles. The minimum atomic E-state index is -1.13. The molecular weight excluding hydrogens is 328 g/mol. The van der Waals surface area contributed by atoms with Crippen LogP contribution in [0, 0.1) is 57.2 Å².